The monoisotopic (exact) mass is 426 g/mol. The van der Waals surface area contributed by atoms with Gasteiger partial charge in [0.25, 0.3) is 0 Å². The van der Waals surface area contributed by atoms with Crippen LogP contribution in [-0.2, 0) is 14.8 Å². The van der Waals surface area contributed by atoms with Gasteiger partial charge < -0.3 is 19.9 Å². The number of anilines is 2. The van der Waals surface area contributed by atoms with E-state index in [-0.39, 0.29) is 23.9 Å². The fourth-order valence-corrected chi connectivity index (χ4v) is 3.46. The molecule has 1 aliphatic heterocycles. The SMILES string of the molecule is CCS(=O)(=O)Nc1ccc(NC(=O)N2CCN(C(=O)OC(C)(C)C)CC2C)cc1. The smallest absolute Gasteiger partial charge is 0.410 e. The number of carbonyl (C=O) groups excluding carboxylic acids is 2. The van der Waals surface area contributed by atoms with E-state index < -0.39 is 15.6 Å². The van der Waals surface area contributed by atoms with Crippen LogP contribution >= 0.6 is 0 Å². The molecule has 1 aromatic carbocycles. The molecule has 0 radical (unpaired) electrons. The number of urea groups is 1. The van der Waals surface area contributed by atoms with Gasteiger partial charge in [-0.15, -0.1) is 0 Å². The number of carbonyl (C=O) groups is 2. The highest BCUT2D eigenvalue weighted by molar-refractivity contribution is 7.92. The number of nitrogens with zero attached hydrogens (tertiary/aromatic N) is 2. The summed E-state index contributed by atoms with van der Waals surface area (Å²) in [6.07, 6.45) is -0.380. The van der Waals surface area contributed by atoms with Crippen molar-refractivity contribution >= 4 is 33.5 Å². The van der Waals surface area contributed by atoms with Crippen molar-refractivity contribution in [1.29, 1.82) is 0 Å². The molecule has 2 N–H and O–H groups in total. The van der Waals surface area contributed by atoms with E-state index in [1.54, 1.807) is 41.0 Å². The van der Waals surface area contributed by atoms with Gasteiger partial charge in [-0.1, -0.05) is 0 Å². The summed E-state index contributed by atoms with van der Waals surface area (Å²) < 4.78 is 31.0. The third-order valence-electron chi connectivity index (χ3n) is 4.33. The summed E-state index contributed by atoms with van der Waals surface area (Å²) in [6, 6.07) is 5.99. The molecule has 3 amide bonds. The number of rotatable bonds is 4. The maximum absolute atomic E-state index is 12.6. The second-order valence-corrected chi connectivity index (χ2v) is 9.99. The summed E-state index contributed by atoms with van der Waals surface area (Å²) in [5.41, 5.74) is 0.423. The Balaban J connectivity index is 1.92. The molecule has 0 bridgehead atoms. The van der Waals surface area contributed by atoms with Gasteiger partial charge in [-0.25, -0.2) is 18.0 Å². The average molecular weight is 427 g/mol. The number of nitrogens with one attached hydrogen (secondary N) is 2. The Morgan fingerprint density at radius 2 is 1.72 bits per heavy atom. The molecule has 1 fully saturated rings. The number of amides is 3. The summed E-state index contributed by atoms with van der Waals surface area (Å²) in [7, 11) is -3.34. The molecule has 1 atom stereocenters. The van der Waals surface area contributed by atoms with Gasteiger partial charge >= 0.3 is 12.1 Å². The minimum absolute atomic E-state index is 0.0152. The summed E-state index contributed by atoms with van der Waals surface area (Å²) in [5, 5.41) is 2.80. The molecule has 1 aliphatic rings. The van der Waals surface area contributed by atoms with Gasteiger partial charge in [-0.3, -0.25) is 4.72 Å². The quantitative estimate of drug-likeness (QED) is 0.770. The lowest BCUT2D eigenvalue weighted by Crippen LogP contribution is -2.57. The van der Waals surface area contributed by atoms with Crippen LogP contribution in [0.1, 0.15) is 34.6 Å². The first-order valence-corrected chi connectivity index (χ1v) is 11.2. The molecule has 10 heteroatoms. The largest absolute Gasteiger partial charge is 0.444 e. The molecule has 1 unspecified atom stereocenters. The fraction of sp³-hybridized carbons (Fsp3) is 0.579. The molecule has 1 saturated heterocycles. The molecule has 0 spiro atoms. The Labute approximate surface area is 172 Å². The van der Waals surface area contributed by atoms with Crippen LogP contribution in [0.2, 0.25) is 0 Å². The maximum Gasteiger partial charge on any atom is 0.410 e. The van der Waals surface area contributed by atoms with Gasteiger partial charge in [0.05, 0.1) is 5.75 Å². The van der Waals surface area contributed by atoms with Gasteiger partial charge in [0, 0.05) is 37.1 Å². The molecule has 0 aliphatic carbocycles. The van der Waals surface area contributed by atoms with Crippen LogP contribution < -0.4 is 10.0 Å². The van der Waals surface area contributed by atoms with E-state index in [1.807, 2.05) is 27.7 Å². The standard InChI is InChI=1S/C19H30N4O5S/c1-6-29(26,27)21-16-9-7-15(8-10-16)20-17(24)23-12-11-22(13-14(23)2)18(25)28-19(3,4)5/h7-10,14,21H,6,11-13H2,1-5H3,(H,20,24). The number of hydrogen-bond donors (Lipinski definition) is 2. The second kappa shape index (κ2) is 8.89. The molecule has 162 valence electrons. The number of sulfonamides is 1. The van der Waals surface area contributed by atoms with Crippen LogP contribution in [0.5, 0.6) is 0 Å². The van der Waals surface area contributed by atoms with Crippen molar-refractivity contribution in [3.8, 4) is 0 Å². The van der Waals surface area contributed by atoms with E-state index in [4.69, 9.17) is 4.74 Å². The minimum atomic E-state index is -3.34. The van der Waals surface area contributed by atoms with Gasteiger partial charge in [0.2, 0.25) is 10.0 Å². The lowest BCUT2D eigenvalue weighted by atomic mass is 10.2. The van der Waals surface area contributed by atoms with Crippen molar-refractivity contribution in [3.05, 3.63) is 24.3 Å². The molecule has 0 saturated carbocycles. The lowest BCUT2D eigenvalue weighted by Gasteiger charge is -2.40. The molecule has 9 nitrogen and oxygen atoms in total. The van der Waals surface area contributed by atoms with E-state index >= 15 is 0 Å². The zero-order chi connectivity index (χ0) is 21.8. The first-order chi connectivity index (χ1) is 13.4. The highest BCUT2D eigenvalue weighted by atomic mass is 32.2. The molecular weight excluding hydrogens is 396 g/mol. The van der Waals surface area contributed by atoms with Crippen molar-refractivity contribution in [2.45, 2.75) is 46.3 Å². The first-order valence-electron chi connectivity index (χ1n) is 9.56. The van der Waals surface area contributed by atoms with Gasteiger partial charge in [0.1, 0.15) is 5.60 Å². The number of piperazine rings is 1. The van der Waals surface area contributed by atoms with E-state index in [0.29, 0.717) is 31.0 Å². The Hall–Kier alpha value is -2.49. The zero-order valence-corrected chi connectivity index (χ0v) is 18.4. The lowest BCUT2D eigenvalue weighted by molar-refractivity contribution is 0.0112. The van der Waals surface area contributed by atoms with Crippen molar-refractivity contribution in [1.82, 2.24) is 9.80 Å². The normalized spacial score (nSPS) is 17.6. The summed E-state index contributed by atoms with van der Waals surface area (Å²) in [4.78, 5) is 28.1. The predicted octanol–water partition coefficient (Wildman–Crippen LogP) is 2.92. The summed E-state index contributed by atoms with van der Waals surface area (Å²) in [5.74, 6) is -0.0152. The minimum Gasteiger partial charge on any atom is -0.444 e. The van der Waals surface area contributed by atoms with Crippen molar-refractivity contribution in [2.24, 2.45) is 0 Å². The highest BCUT2D eigenvalue weighted by Crippen LogP contribution is 2.18. The van der Waals surface area contributed by atoms with Gasteiger partial charge in [0.15, 0.2) is 0 Å². The topological polar surface area (TPSA) is 108 Å². The number of benzene rings is 1. The van der Waals surface area contributed by atoms with Crippen LogP contribution in [0.25, 0.3) is 0 Å². The van der Waals surface area contributed by atoms with E-state index in [9.17, 15) is 18.0 Å². The molecule has 2 rings (SSSR count). The first kappa shape index (κ1) is 22.8. The van der Waals surface area contributed by atoms with Gasteiger partial charge in [-0.2, -0.15) is 0 Å². The van der Waals surface area contributed by atoms with Gasteiger partial charge in [-0.05, 0) is 58.9 Å². The van der Waals surface area contributed by atoms with E-state index in [1.165, 1.54) is 0 Å². The van der Waals surface area contributed by atoms with Crippen LogP contribution in [0, 0.1) is 0 Å². The molecular formula is C19H30N4O5S. The molecule has 1 heterocycles. The molecule has 29 heavy (non-hydrogen) atoms. The number of ether oxygens (including phenoxy) is 1. The fourth-order valence-electron chi connectivity index (χ4n) is 2.82. The summed E-state index contributed by atoms with van der Waals surface area (Å²) >= 11 is 0. The van der Waals surface area contributed by atoms with Crippen LogP contribution in [-0.4, -0.2) is 67.4 Å². The number of hydrogen-bond acceptors (Lipinski definition) is 5. The second-order valence-electron chi connectivity index (χ2n) is 7.98. The highest BCUT2D eigenvalue weighted by Gasteiger charge is 2.32. The van der Waals surface area contributed by atoms with Crippen molar-refractivity contribution in [3.63, 3.8) is 0 Å². The maximum atomic E-state index is 12.6. The van der Waals surface area contributed by atoms with E-state index in [2.05, 4.69) is 10.0 Å². The third-order valence-corrected chi connectivity index (χ3v) is 5.64. The van der Waals surface area contributed by atoms with Crippen LogP contribution in [0.4, 0.5) is 21.0 Å². The van der Waals surface area contributed by atoms with Crippen LogP contribution in [0.15, 0.2) is 24.3 Å². The predicted molar refractivity (Wildman–Crippen MR) is 113 cm³/mol. The zero-order valence-electron chi connectivity index (χ0n) is 17.6. The van der Waals surface area contributed by atoms with Crippen molar-refractivity contribution in [2.75, 3.05) is 35.4 Å². The Morgan fingerprint density at radius 3 is 2.24 bits per heavy atom. The average Bonchev–Trinajstić information content (AvgIpc) is 2.61. The Kier molecular flexibility index (Phi) is 6.99. The Morgan fingerprint density at radius 1 is 1.14 bits per heavy atom. The van der Waals surface area contributed by atoms with Crippen molar-refractivity contribution < 1.29 is 22.7 Å². The summed E-state index contributed by atoms with van der Waals surface area (Å²) in [6.45, 7) is 10.0. The third kappa shape index (κ3) is 6.81. The molecule has 0 aromatic heterocycles. The molecule has 1 aromatic rings. The van der Waals surface area contributed by atoms with Crippen LogP contribution in [0.3, 0.4) is 0 Å². The Bertz CT molecular complexity index is 833. The van der Waals surface area contributed by atoms with E-state index in [0.717, 1.165) is 0 Å².